The molecular formula is C20H20N4O6. The Hall–Kier alpha value is -3.08. The summed E-state index contributed by atoms with van der Waals surface area (Å²) in [6, 6.07) is 8.73. The Kier molecular flexibility index (Phi) is 4.42. The van der Waals surface area contributed by atoms with Crippen LogP contribution in [-0.4, -0.2) is 56.2 Å². The maximum atomic E-state index is 12.3. The van der Waals surface area contributed by atoms with Crippen LogP contribution in [0.15, 0.2) is 47.8 Å². The molecule has 0 aliphatic carbocycles. The zero-order chi connectivity index (χ0) is 20.9. The number of H-pyrrole nitrogens is 1. The van der Waals surface area contributed by atoms with Gasteiger partial charge in [-0.05, 0) is 26.0 Å². The largest absolute Gasteiger partial charge is 0.459 e. The molecule has 0 spiro atoms. The van der Waals surface area contributed by atoms with Gasteiger partial charge in [-0.2, -0.15) is 0 Å². The zero-order valence-corrected chi connectivity index (χ0v) is 16.3. The fourth-order valence-electron chi connectivity index (χ4n) is 3.88. The van der Waals surface area contributed by atoms with E-state index in [1.807, 2.05) is 19.9 Å². The molecule has 2 aromatic heterocycles. The number of hydrogen-bond donors (Lipinski definition) is 1. The molecule has 4 atom stereocenters. The number of carbonyl (C=O) groups is 1. The molecule has 0 saturated carbocycles. The van der Waals surface area contributed by atoms with Gasteiger partial charge in [0.25, 0.3) is 5.56 Å². The Morgan fingerprint density at radius 1 is 1.20 bits per heavy atom. The number of nitrogens with zero attached hydrogens (tertiary/aromatic N) is 3. The predicted molar refractivity (Wildman–Crippen MR) is 103 cm³/mol. The molecule has 0 amide bonds. The monoisotopic (exact) mass is 412 g/mol. The number of carbonyl (C=O) groups excluding carboxylic acids is 1. The summed E-state index contributed by atoms with van der Waals surface area (Å²) in [5, 5.41) is 0. The van der Waals surface area contributed by atoms with E-state index >= 15 is 0 Å². The van der Waals surface area contributed by atoms with Crippen molar-refractivity contribution >= 4 is 17.1 Å². The second-order valence-electron chi connectivity index (χ2n) is 7.65. The average Bonchev–Trinajstić information content (AvgIpc) is 3.38. The minimum Gasteiger partial charge on any atom is -0.459 e. The number of nitrogens with one attached hydrogen (secondary N) is 1. The maximum absolute atomic E-state index is 12.3. The molecule has 1 aromatic carbocycles. The van der Waals surface area contributed by atoms with Crippen LogP contribution in [0.3, 0.4) is 0 Å². The summed E-state index contributed by atoms with van der Waals surface area (Å²) in [6.07, 6.45) is 0.642. The third-order valence-corrected chi connectivity index (χ3v) is 5.15. The lowest BCUT2D eigenvalue weighted by Crippen LogP contribution is -2.33. The van der Waals surface area contributed by atoms with Gasteiger partial charge in [0.15, 0.2) is 23.2 Å². The Balaban J connectivity index is 1.40. The molecule has 0 unspecified atom stereocenters. The zero-order valence-electron chi connectivity index (χ0n) is 16.3. The number of hydrogen-bond acceptors (Lipinski definition) is 8. The van der Waals surface area contributed by atoms with E-state index in [4.69, 9.17) is 18.9 Å². The quantitative estimate of drug-likeness (QED) is 0.639. The van der Waals surface area contributed by atoms with Crippen molar-refractivity contribution in [2.45, 2.75) is 44.2 Å². The van der Waals surface area contributed by atoms with Gasteiger partial charge in [-0.25, -0.2) is 14.8 Å². The molecule has 10 nitrogen and oxygen atoms in total. The number of benzene rings is 1. The number of aromatic amines is 1. The van der Waals surface area contributed by atoms with Crippen molar-refractivity contribution in [1.82, 2.24) is 19.5 Å². The first-order valence-corrected chi connectivity index (χ1v) is 9.56. The van der Waals surface area contributed by atoms with E-state index in [0.29, 0.717) is 11.2 Å². The molecule has 30 heavy (non-hydrogen) atoms. The first-order valence-electron chi connectivity index (χ1n) is 9.56. The van der Waals surface area contributed by atoms with Crippen LogP contribution in [-0.2, 0) is 18.9 Å². The van der Waals surface area contributed by atoms with E-state index in [1.165, 1.54) is 12.7 Å². The Bertz CT molecular complexity index is 1140. The van der Waals surface area contributed by atoms with Crippen molar-refractivity contribution in [3.63, 3.8) is 0 Å². The molecule has 156 valence electrons. The first kappa shape index (κ1) is 18.9. The van der Waals surface area contributed by atoms with Gasteiger partial charge in [0.2, 0.25) is 0 Å². The van der Waals surface area contributed by atoms with Crippen molar-refractivity contribution in [1.29, 1.82) is 0 Å². The molecule has 4 heterocycles. The summed E-state index contributed by atoms with van der Waals surface area (Å²) < 4.78 is 25.3. The molecule has 3 aromatic rings. The molecule has 5 rings (SSSR count). The third kappa shape index (κ3) is 3.18. The Morgan fingerprint density at radius 3 is 2.77 bits per heavy atom. The van der Waals surface area contributed by atoms with Crippen LogP contribution >= 0.6 is 0 Å². The molecule has 2 aliphatic rings. The second-order valence-corrected chi connectivity index (χ2v) is 7.65. The number of fused-ring (bicyclic) bond motifs is 2. The van der Waals surface area contributed by atoms with Gasteiger partial charge in [0.05, 0.1) is 18.2 Å². The molecule has 2 saturated heterocycles. The fourth-order valence-corrected chi connectivity index (χ4v) is 3.88. The smallest absolute Gasteiger partial charge is 0.338 e. The molecule has 0 radical (unpaired) electrons. The van der Waals surface area contributed by atoms with Crippen LogP contribution in [0, 0.1) is 0 Å². The van der Waals surface area contributed by atoms with Gasteiger partial charge >= 0.3 is 5.97 Å². The fraction of sp³-hybridized carbons (Fsp3) is 0.400. The lowest BCUT2D eigenvalue weighted by atomic mass is 10.1. The SMILES string of the molecule is CC1(C)O[C@@H]2[C@@H](O1)[C@@H](COC(=O)c1ccccc1)O[C@H]2n1cnc2c(=O)[nH]cnc21. The number of esters is 1. The highest BCUT2D eigenvalue weighted by molar-refractivity contribution is 5.89. The molecule has 2 aliphatic heterocycles. The molecular weight excluding hydrogens is 392 g/mol. The minimum absolute atomic E-state index is 0.00846. The van der Waals surface area contributed by atoms with Crippen LogP contribution in [0.4, 0.5) is 0 Å². The highest BCUT2D eigenvalue weighted by atomic mass is 16.8. The normalized spacial score (nSPS) is 27.3. The van der Waals surface area contributed by atoms with E-state index in [2.05, 4.69) is 15.0 Å². The van der Waals surface area contributed by atoms with Gasteiger partial charge in [-0.15, -0.1) is 0 Å². The number of ether oxygens (including phenoxy) is 4. The highest BCUT2D eigenvalue weighted by Crippen LogP contribution is 2.43. The summed E-state index contributed by atoms with van der Waals surface area (Å²) in [6.45, 7) is 3.61. The summed E-state index contributed by atoms with van der Waals surface area (Å²) in [4.78, 5) is 35.2. The molecule has 10 heteroatoms. The van der Waals surface area contributed by atoms with Crippen LogP contribution in [0.5, 0.6) is 0 Å². The summed E-state index contributed by atoms with van der Waals surface area (Å²) in [7, 11) is 0. The molecule has 1 N–H and O–H groups in total. The standard InChI is InChI=1S/C20H20N4O6/c1-20(2)29-14-12(8-27-19(26)11-6-4-3-5-7-11)28-18(15(14)30-20)24-10-23-13-16(24)21-9-22-17(13)25/h3-7,9-10,12,14-15,18H,8H2,1-2H3,(H,21,22,25)/t12-,14+,15-,18-/m1/s1. The maximum Gasteiger partial charge on any atom is 0.338 e. The Morgan fingerprint density at radius 2 is 1.97 bits per heavy atom. The van der Waals surface area contributed by atoms with Gasteiger partial charge in [0, 0.05) is 0 Å². The third-order valence-electron chi connectivity index (χ3n) is 5.15. The van der Waals surface area contributed by atoms with E-state index in [0.717, 1.165) is 0 Å². The minimum atomic E-state index is -0.833. The van der Waals surface area contributed by atoms with Crippen LogP contribution in [0.1, 0.15) is 30.4 Å². The van der Waals surface area contributed by atoms with Gasteiger partial charge in [-0.1, -0.05) is 18.2 Å². The van der Waals surface area contributed by atoms with Crippen LogP contribution in [0.25, 0.3) is 11.2 Å². The summed E-state index contributed by atoms with van der Waals surface area (Å²) >= 11 is 0. The van der Waals surface area contributed by atoms with Gasteiger partial charge in [-0.3, -0.25) is 9.36 Å². The van der Waals surface area contributed by atoms with Crippen molar-refractivity contribution < 1.29 is 23.7 Å². The number of aromatic nitrogens is 4. The van der Waals surface area contributed by atoms with Crippen LogP contribution < -0.4 is 5.56 Å². The second kappa shape index (κ2) is 7.01. The van der Waals surface area contributed by atoms with Crippen LogP contribution in [0.2, 0.25) is 0 Å². The van der Waals surface area contributed by atoms with Crippen molar-refractivity contribution in [3.8, 4) is 0 Å². The lowest BCUT2D eigenvalue weighted by Gasteiger charge is -2.24. The van der Waals surface area contributed by atoms with E-state index in [-0.39, 0.29) is 17.7 Å². The summed E-state index contributed by atoms with van der Waals surface area (Å²) in [5.74, 6) is -1.28. The van der Waals surface area contributed by atoms with E-state index < -0.39 is 36.3 Å². The van der Waals surface area contributed by atoms with Crippen molar-refractivity contribution in [2.75, 3.05) is 6.61 Å². The number of rotatable bonds is 4. The average molecular weight is 412 g/mol. The van der Waals surface area contributed by atoms with E-state index in [1.54, 1.807) is 28.8 Å². The topological polar surface area (TPSA) is 118 Å². The van der Waals surface area contributed by atoms with Crippen molar-refractivity contribution in [2.24, 2.45) is 0 Å². The highest BCUT2D eigenvalue weighted by Gasteiger charge is 2.56. The molecule has 0 bridgehead atoms. The number of imidazole rings is 1. The summed E-state index contributed by atoms with van der Waals surface area (Å²) in [5.41, 5.74) is 0.689. The van der Waals surface area contributed by atoms with Crippen molar-refractivity contribution in [3.05, 3.63) is 58.9 Å². The first-order chi connectivity index (χ1) is 14.4. The van der Waals surface area contributed by atoms with E-state index in [9.17, 15) is 9.59 Å². The van der Waals surface area contributed by atoms with Gasteiger partial charge in [0.1, 0.15) is 24.9 Å². The molecule has 2 fully saturated rings. The van der Waals surface area contributed by atoms with Gasteiger partial charge < -0.3 is 23.9 Å². The predicted octanol–water partition coefficient (Wildman–Crippen LogP) is 1.39. The lowest BCUT2D eigenvalue weighted by molar-refractivity contribution is -0.199. The Labute approximate surface area is 170 Å².